The topological polar surface area (TPSA) is 118 Å². The van der Waals surface area contributed by atoms with Gasteiger partial charge in [-0.1, -0.05) is 11.6 Å². The van der Waals surface area contributed by atoms with Crippen molar-refractivity contribution in [1.82, 2.24) is 19.7 Å². The molecule has 2 aromatic heterocycles. The van der Waals surface area contributed by atoms with E-state index in [1.165, 1.54) is 31.5 Å². The molecule has 1 amide bonds. The van der Waals surface area contributed by atoms with Crippen molar-refractivity contribution in [3.05, 3.63) is 77.0 Å². The van der Waals surface area contributed by atoms with Gasteiger partial charge >= 0.3 is 0 Å². The first-order valence-electron chi connectivity index (χ1n) is 10.8. The number of ether oxygens (including phenoxy) is 1. The Labute approximate surface area is 211 Å². The lowest BCUT2D eigenvalue weighted by molar-refractivity contribution is 0.102. The van der Waals surface area contributed by atoms with Crippen LogP contribution < -0.4 is 15.4 Å². The molecule has 0 atom stereocenters. The molecule has 2 N–H and O–H groups in total. The number of hydrogen-bond acceptors (Lipinski definition) is 7. The molecule has 0 spiro atoms. The summed E-state index contributed by atoms with van der Waals surface area (Å²) in [6.45, 7) is 4.04. The molecule has 0 aliphatic carbocycles. The van der Waals surface area contributed by atoms with Gasteiger partial charge in [0.1, 0.15) is 17.6 Å². The molecule has 2 heterocycles. The van der Waals surface area contributed by atoms with E-state index in [1.807, 2.05) is 20.0 Å². The number of nitrogens with one attached hydrogen (secondary N) is 2. The van der Waals surface area contributed by atoms with Crippen LogP contribution in [0.5, 0.6) is 5.75 Å². The Morgan fingerprint density at radius 3 is 2.72 bits per heavy atom. The first-order valence-corrected chi connectivity index (χ1v) is 11.2. The predicted molar refractivity (Wildman–Crippen MR) is 134 cm³/mol. The van der Waals surface area contributed by atoms with E-state index < -0.39 is 11.7 Å². The van der Waals surface area contributed by atoms with Crippen molar-refractivity contribution in [3.8, 4) is 23.1 Å². The molecule has 9 nitrogen and oxygen atoms in total. The maximum Gasteiger partial charge on any atom is 0.255 e. The summed E-state index contributed by atoms with van der Waals surface area (Å²) in [7, 11) is 1.47. The number of halogens is 2. The summed E-state index contributed by atoms with van der Waals surface area (Å²) >= 11 is 6.33. The highest BCUT2D eigenvalue weighted by Gasteiger charge is 2.15. The Kier molecular flexibility index (Phi) is 7.12. The molecule has 0 unspecified atom stereocenters. The van der Waals surface area contributed by atoms with Crippen molar-refractivity contribution in [1.29, 1.82) is 5.26 Å². The number of anilines is 3. The van der Waals surface area contributed by atoms with Crippen molar-refractivity contribution < 1.29 is 13.9 Å². The summed E-state index contributed by atoms with van der Waals surface area (Å²) in [6.07, 6.45) is 5.04. The Morgan fingerprint density at radius 2 is 2.03 bits per heavy atom. The first-order chi connectivity index (χ1) is 17.3. The van der Waals surface area contributed by atoms with Gasteiger partial charge in [-0.3, -0.25) is 9.48 Å². The zero-order chi connectivity index (χ0) is 25.8. The van der Waals surface area contributed by atoms with E-state index in [0.717, 1.165) is 11.6 Å². The number of nitrogens with zero attached hydrogens (tertiary/aromatic N) is 5. The third-order valence-electron chi connectivity index (χ3n) is 5.20. The van der Waals surface area contributed by atoms with E-state index in [-0.39, 0.29) is 17.6 Å². The molecule has 0 radical (unpaired) electrons. The second-order valence-corrected chi connectivity index (χ2v) is 8.40. The largest absolute Gasteiger partial charge is 0.495 e. The van der Waals surface area contributed by atoms with E-state index in [4.69, 9.17) is 21.6 Å². The number of benzene rings is 2. The van der Waals surface area contributed by atoms with Gasteiger partial charge in [0.25, 0.3) is 5.91 Å². The average molecular weight is 506 g/mol. The number of carbonyl (C=O) groups excluding carboxylic acids is 1. The van der Waals surface area contributed by atoms with Gasteiger partial charge in [0.05, 0.1) is 41.5 Å². The molecular formula is C25H21ClFN7O2. The molecule has 182 valence electrons. The van der Waals surface area contributed by atoms with Gasteiger partial charge in [-0.05, 0) is 50.2 Å². The third kappa shape index (κ3) is 5.26. The molecule has 11 heteroatoms. The van der Waals surface area contributed by atoms with Crippen LogP contribution >= 0.6 is 11.6 Å². The van der Waals surface area contributed by atoms with E-state index in [0.29, 0.717) is 33.4 Å². The Bertz CT molecular complexity index is 1480. The quantitative estimate of drug-likeness (QED) is 0.336. The number of nitriles is 1. The average Bonchev–Trinajstić information content (AvgIpc) is 3.37. The zero-order valence-corrected chi connectivity index (χ0v) is 20.3. The van der Waals surface area contributed by atoms with Crippen LogP contribution in [-0.4, -0.2) is 32.8 Å². The van der Waals surface area contributed by atoms with Gasteiger partial charge in [0, 0.05) is 29.1 Å². The number of aromatic nitrogens is 4. The maximum atomic E-state index is 13.5. The fraction of sp³-hybridized carbons (Fsp3) is 0.160. The van der Waals surface area contributed by atoms with E-state index in [1.54, 1.807) is 29.1 Å². The number of rotatable bonds is 7. The van der Waals surface area contributed by atoms with Crippen LogP contribution in [0.4, 0.5) is 21.7 Å². The van der Waals surface area contributed by atoms with Crippen LogP contribution in [0.1, 0.15) is 35.8 Å². The summed E-state index contributed by atoms with van der Waals surface area (Å²) in [4.78, 5) is 21.5. The molecular weight excluding hydrogens is 485 g/mol. The lowest BCUT2D eigenvalue weighted by atomic mass is 10.1. The van der Waals surface area contributed by atoms with Gasteiger partial charge in [-0.25, -0.2) is 14.4 Å². The summed E-state index contributed by atoms with van der Waals surface area (Å²) in [5.74, 6) is -0.471. The maximum absolute atomic E-state index is 13.5. The van der Waals surface area contributed by atoms with Gasteiger partial charge in [-0.15, -0.1) is 0 Å². The highest BCUT2D eigenvalue weighted by atomic mass is 35.5. The van der Waals surface area contributed by atoms with Crippen molar-refractivity contribution in [2.45, 2.75) is 19.9 Å². The van der Waals surface area contributed by atoms with Crippen LogP contribution in [0, 0.1) is 17.1 Å². The molecule has 2 aromatic carbocycles. The van der Waals surface area contributed by atoms with E-state index >= 15 is 0 Å². The van der Waals surface area contributed by atoms with Gasteiger partial charge < -0.3 is 15.4 Å². The number of hydrogen-bond donors (Lipinski definition) is 2. The molecule has 4 aromatic rings. The minimum atomic E-state index is -0.658. The third-order valence-corrected chi connectivity index (χ3v) is 5.48. The van der Waals surface area contributed by atoms with Gasteiger partial charge in [0.2, 0.25) is 5.95 Å². The van der Waals surface area contributed by atoms with Crippen LogP contribution in [0.25, 0.3) is 11.3 Å². The molecule has 0 saturated heterocycles. The van der Waals surface area contributed by atoms with Gasteiger partial charge in [-0.2, -0.15) is 10.4 Å². The monoisotopic (exact) mass is 505 g/mol. The Morgan fingerprint density at radius 1 is 1.22 bits per heavy atom. The normalized spacial score (nSPS) is 10.7. The SMILES string of the molecule is COc1cc(C(=O)Nc2ccc(F)c(C#N)c2)ccc1Nc1ncc(Cl)c(-c2cnn(C(C)C)c2)n1. The molecule has 36 heavy (non-hydrogen) atoms. The predicted octanol–water partition coefficient (Wildman–Crippen LogP) is 5.59. The summed E-state index contributed by atoms with van der Waals surface area (Å²) in [5.41, 5.74) is 2.21. The molecule has 0 aliphatic heterocycles. The number of carbonyl (C=O) groups is 1. The van der Waals surface area contributed by atoms with Crippen LogP contribution in [-0.2, 0) is 0 Å². The molecule has 0 aliphatic rings. The fourth-order valence-electron chi connectivity index (χ4n) is 3.32. The fourth-order valence-corrected chi connectivity index (χ4v) is 3.52. The Balaban J connectivity index is 1.56. The second-order valence-electron chi connectivity index (χ2n) is 7.99. The Hall–Kier alpha value is -4.49. The van der Waals surface area contributed by atoms with Crippen LogP contribution in [0.3, 0.4) is 0 Å². The zero-order valence-electron chi connectivity index (χ0n) is 19.6. The molecule has 4 rings (SSSR count). The highest BCUT2D eigenvalue weighted by Crippen LogP contribution is 2.31. The first kappa shape index (κ1) is 24.6. The van der Waals surface area contributed by atoms with Crippen LogP contribution in [0.2, 0.25) is 5.02 Å². The van der Waals surface area contributed by atoms with Crippen LogP contribution in [0.15, 0.2) is 55.0 Å². The molecule has 0 saturated carbocycles. The number of methoxy groups -OCH3 is 1. The summed E-state index contributed by atoms with van der Waals surface area (Å²) in [5, 5.41) is 19.4. The highest BCUT2D eigenvalue weighted by molar-refractivity contribution is 6.32. The van der Waals surface area contributed by atoms with E-state index in [2.05, 4.69) is 25.7 Å². The van der Waals surface area contributed by atoms with E-state index in [9.17, 15) is 9.18 Å². The summed E-state index contributed by atoms with van der Waals surface area (Å²) < 4.78 is 20.8. The van der Waals surface area contributed by atoms with Crippen molar-refractivity contribution in [2.24, 2.45) is 0 Å². The minimum absolute atomic E-state index is 0.163. The smallest absolute Gasteiger partial charge is 0.255 e. The molecule has 0 bridgehead atoms. The van der Waals surface area contributed by atoms with Gasteiger partial charge in [0.15, 0.2) is 0 Å². The standard InChI is InChI=1S/C25H21ClFN7O2/c1-14(2)34-13-17(11-30-34)23-19(26)12-29-25(33-23)32-21-7-4-15(9-22(21)36-3)24(35)31-18-5-6-20(27)16(8-18)10-28/h4-9,11-14H,1-3H3,(H,31,35)(H,29,32,33). The lowest BCUT2D eigenvalue weighted by Crippen LogP contribution is -2.12. The molecule has 0 fully saturated rings. The summed E-state index contributed by atoms with van der Waals surface area (Å²) in [6, 6.07) is 10.5. The minimum Gasteiger partial charge on any atom is -0.495 e. The van der Waals surface area contributed by atoms with Crippen molar-refractivity contribution in [3.63, 3.8) is 0 Å². The van der Waals surface area contributed by atoms with Crippen molar-refractivity contribution in [2.75, 3.05) is 17.7 Å². The number of amides is 1. The van der Waals surface area contributed by atoms with Crippen molar-refractivity contribution >= 4 is 34.8 Å². The second kappa shape index (κ2) is 10.4. The lowest BCUT2D eigenvalue weighted by Gasteiger charge is -2.13.